The van der Waals surface area contributed by atoms with Gasteiger partial charge in [-0.2, -0.15) is 13.1 Å². The number of nitrogens with one attached hydrogen (secondary N) is 1. The van der Waals surface area contributed by atoms with Crippen LogP contribution in [0.4, 0.5) is 4.39 Å². The fourth-order valence-corrected chi connectivity index (χ4v) is 1.62. The van der Waals surface area contributed by atoms with Crippen molar-refractivity contribution in [1.29, 1.82) is 0 Å². The molecule has 0 radical (unpaired) electrons. The van der Waals surface area contributed by atoms with E-state index in [9.17, 15) is 12.8 Å². The Hall–Kier alpha value is -1.18. The topological polar surface area (TPSA) is 81.4 Å². The molecule has 0 saturated heterocycles. The summed E-state index contributed by atoms with van der Waals surface area (Å²) in [5.74, 6) is -0.392. The van der Waals surface area contributed by atoms with E-state index in [-0.39, 0.29) is 12.3 Å². The van der Waals surface area contributed by atoms with Crippen LogP contribution in [0, 0.1) is 5.82 Å². The lowest BCUT2D eigenvalue weighted by atomic mass is 10.2. The van der Waals surface area contributed by atoms with Gasteiger partial charge in [0.1, 0.15) is 6.10 Å². The number of nitrogens with two attached hydrogens (primary N) is 1. The van der Waals surface area contributed by atoms with Crippen molar-refractivity contribution < 1.29 is 17.5 Å². The summed E-state index contributed by atoms with van der Waals surface area (Å²) in [6.07, 6.45) is 0.0573. The Balaban J connectivity index is 2.61. The van der Waals surface area contributed by atoms with Crippen LogP contribution >= 0.6 is 0 Å². The van der Waals surface area contributed by atoms with Crippen LogP contribution in [-0.4, -0.2) is 21.1 Å². The lowest BCUT2D eigenvalue weighted by molar-refractivity contribution is 0.192. The van der Waals surface area contributed by atoms with Crippen molar-refractivity contribution in [3.05, 3.63) is 30.1 Å². The molecule has 0 aromatic heterocycles. The first-order chi connectivity index (χ1) is 7.92. The Morgan fingerprint density at radius 3 is 2.65 bits per heavy atom. The van der Waals surface area contributed by atoms with Gasteiger partial charge in [-0.05, 0) is 18.6 Å². The lowest BCUT2D eigenvalue weighted by Gasteiger charge is -2.17. The van der Waals surface area contributed by atoms with Gasteiger partial charge in [0.2, 0.25) is 0 Å². The molecule has 0 saturated carbocycles. The molecule has 7 heteroatoms. The van der Waals surface area contributed by atoms with Crippen LogP contribution in [0.1, 0.15) is 13.3 Å². The summed E-state index contributed by atoms with van der Waals surface area (Å²) >= 11 is 0. The van der Waals surface area contributed by atoms with Crippen LogP contribution in [-0.2, 0) is 10.2 Å². The van der Waals surface area contributed by atoms with Gasteiger partial charge in [0.15, 0.2) is 11.6 Å². The lowest BCUT2D eigenvalue weighted by Crippen LogP contribution is -2.38. The van der Waals surface area contributed by atoms with Gasteiger partial charge in [0, 0.05) is 6.54 Å². The normalized spacial score (nSPS) is 13.4. The molecule has 5 nitrogen and oxygen atoms in total. The van der Waals surface area contributed by atoms with E-state index in [1.165, 1.54) is 12.1 Å². The molecule has 0 heterocycles. The Labute approximate surface area is 100.0 Å². The Kier molecular flexibility index (Phi) is 4.86. The molecule has 0 aliphatic heterocycles. The predicted octanol–water partition coefficient (Wildman–Crippen LogP) is 0.776. The number of halogens is 1. The average molecular weight is 262 g/mol. The van der Waals surface area contributed by atoms with E-state index in [0.29, 0.717) is 6.42 Å². The zero-order valence-electron chi connectivity index (χ0n) is 9.39. The molecule has 17 heavy (non-hydrogen) atoms. The minimum atomic E-state index is -3.76. The summed E-state index contributed by atoms with van der Waals surface area (Å²) in [7, 11) is -3.76. The van der Waals surface area contributed by atoms with Crippen LogP contribution in [0.3, 0.4) is 0 Å². The Bertz CT molecular complexity index is 464. The van der Waals surface area contributed by atoms with Crippen LogP contribution in [0.15, 0.2) is 24.3 Å². The van der Waals surface area contributed by atoms with Gasteiger partial charge in [-0.25, -0.2) is 9.53 Å². The van der Waals surface area contributed by atoms with Crippen LogP contribution in [0.25, 0.3) is 0 Å². The number of rotatable bonds is 6. The quantitative estimate of drug-likeness (QED) is 0.794. The van der Waals surface area contributed by atoms with Gasteiger partial charge in [0.25, 0.3) is 10.2 Å². The molecular weight excluding hydrogens is 247 g/mol. The van der Waals surface area contributed by atoms with E-state index in [2.05, 4.69) is 4.72 Å². The first kappa shape index (κ1) is 13.9. The van der Waals surface area contributed by atoms with E-state index >= 15 is 0 Å². The van der Waals surface area contributed by atoms with Crippen molar-refractivity contribution in [2.24, 2.45) is 5.14 Å². The van der Waals surface area contributed by atoms with Crippen molar-refractivity contribution >= 4 is 10.2 Å². The Morgan fingerprint density at radius 2 is 2.12 bits per heavy atom. The predicted molar refractivity (Wildman–Crippen MR) is 62.2 cm³/mol. The van der Waals surface area contributed by atoms with Crippen molar-refractivity contribution in [2.45, 2.75) is 19.4 Å². The average Bonchev–Trinajstić information content (AvgIpc) is 2.25. The fraction of sp³-hybridized carbons (Fsp3) is 0.400. The maximum Gasteiger partial charge on any atom is 0.274 e. The zero-order chi connectivity index (χ0) is 12.9. The van der Waals surface area contributed by atoms with Crippen molar-refractivity contribution in [3.63, 3.8) is 0 Å². The number of hydrogen-bond donors (Lipinski definition) is 2. The van der Waals surface area contributed by atoms with E-state index in [1.807, 2.05) is 0 Å². The molecular formula is C10H15FN2O3S. The maximum absolute atomic E-state index is 13.3. The minimum absolute atomic E-state index is 0.00364. The van der Waals surface area contributed by atoms with Crippen molar-refractivity contribution in [1.82, 2.24) is 4.72 Å². The molecule has 1 aromatic rings. The zero-order valence-corrected chi connectivity index (χ0v) is 10.2. The SMILES string of the molecule is CC[C@@H](CNS(N)(=O)=O)Oc1ccccc1F. The van der Waals surface area contributed by atoms with Crippen LogP contribution in [0.2, 0.25) is 0 Å². The van der Waals surface area contributed by atoms with E-state index in [4.69, 9.17) is 9.88 Å². The highest BCUT2D eigenvalue weighted by atomic mass is 32.2. The maximum atomic E-state index is 13.3. The summed E-state index contributed by atoms with van der Waals surface area (Å²) < 4.78 is 42.1. The van der Waals surface area contributed by atoms with Crippen LogP contribution < -0.4 is 14.6 Å². The second-order valence-electron chi connectivity index (χ2n) is 3.47. The molecule has 0 aliphatic carbocycles. The number of hydrogen-bond acceptors (Lipinski definition) is 3. The fourth-order valence-electron chi connectivity index (χ4n) is 1.20. The molecule has 0 bridgehead atoms. The summed E-state index contributed by atoms with van der Waals surface area (Å²) in [6, 6.07) is 5.94. The van der Waals surface area contributed by atoms with E-state index < -0.39 is 22.1 Å². The van der Waals surface area contributed by atoms with Crippen LogP contribution in [0.5, 0.6) is 5.75 Å². The molecule has 0 fully saturated rings. The summed E-state index contributed by atoms with van der Waals surface area (Å²) in [5.41, 5.74) is 0. The molecule has 1 rings (SSSR count). The Morgan fingerprint density at radius 1 is 1.47 bits per heavy atom. The molecule has 0 amide bonds. The number of benzene rings is 1. The second-order valence-corrected chi connectivity index (χ2v) is 4.85. The van der Waals surface area contributed by atoms with Gasteiger partial charge >= 0.3 is 0 Å². The molecule has 0 spiro atoms. The third kappa shape index (κ3) is 5.12. The number of ether oxygens (including phenoxy) is 1. The van der Waals surface area contributed by atoms with Gasteiger partial charge in [-0.15, -0.1) is 0 Å². The summed E-state index contributed by atoms with van der Waals surface area (Å²) in [4.78, 5) is 0. The van der Waals surface area contributed by atoms with Crippen molar-refractivity contribution in [2.75, 3.05) is 6.54 Å². The molecule has 1 aromatic carbocycles. The first-order valence-corrected chi connectivity index (χ1v) is 6.65. The molecule has 0 aliphatic rings. The molecule has 1 atom stereocenters. The smallest absolute Gasteiger partial charge is 0.274 e. The van der Waals surface area contributed by atoms with Gasteiger partial charge in [0.05, 0.1) is 0 Å². The third-order valence-corrected chi connectivity index (χ3v) is 2.67. The summed E-state index contributed by atoms with van der Waals surface area (Å²) in [6.45, 7) is 1.81. The monoisotopic (exact) mass is 262 g/mol. The third-order valence-electron chi connectivity index (χ3n) is 2.10. The van der Waals surface area contributed by atoms with E-state index in [1.54, 1.807) is 19.1 Å². The van der Waals surface area contributed by atoms with Crippen molar-refractivity contribution in [3.8, 4) is 5.75 Å². The largest absolute Gasteiger partial charge is 0.486 e. The highest BCUT2D eigenvalue weighted by Gasteiger charge is 2.13. The molecule has 3 N–H and O–H groups in total. The molecule has 0 unspecified atom stereocenters. The first-order valence-electron chi connectivity index (χ1n) is 5.11. The van der Waals surface area contributed by atoms with Gasteiger partial charge < -0.3 is 4.74 Å². The highest BCUT2D eigenvalue weighted by molar-refractivity contribution is 7.87. The highest BCUT2D eigenvalue weighted by Crippen LogP contribution is 2.17. The second kappa shape index (κ2) is 5.95. The van der Waals surface area contributed by atoms with Gasteiger partial charge in [-0.1, -0.05) is 19.1 Å². The molecule has 96 valence electrons. The van der Waals surface area contributed by atoms with E-state index in [0.717, 1.165) is 0 Å². The standard InChI is InChI=1S/C10H15FN2O3S/c1-2-8(7-13-17(12,14)15)16-10-6-4-3-5-9(10)11/h3-6,8,13H,2,7H2,1H3,(H2,12,14,15)/t8-/m0/s1. The number of para-hydroxylation sites is 1. The minimum Gasteiger partial charge on any atom is -0.486 e. The summed E-state index contributed by atoms with van der Waals surface area (Å²) in [5, 5.41) is 4.79. The van der Waals surface area contributed by atoms with Gasteiger partial charge in [-0.3, -0.25) is 0 Å².